The van der Waals surface area contributed by atoms with Gasteiger partial charge in [0.1, 0.15) is 0 Å². The van der Waals surface area contributed by atoms with Gasteiger partial charge in [-0.2, -0.15) is 0 Å². The highest BCUT2D eigenvalue weighted by atomic mass is 16.2. The molecule has 2 atom stereocenters. The number of rotatable bonds is 5. The average Bonchev–Trinajstić information content (AvgIpc) is 2.24. The van der Waals surface area contributed by atoms with Crippen molar-refractivity contribution in [3.05, 3.63) is 0 Å². The summed E-state index contributed by atoms with van der Waals surface area (Å²) < 4.78 is 0. The van der Waals surface area contributed by atoms with Crippen LogP contribution in [-0.2, 0) is 0 Å². The summed E-state index contributed by atoms with van der Waals surface area (Å²) in [5.41, 5.74) is -0.321. The first-order chi connectivity index (χ1) is 9.76. The van der Waals surface area contributed by atoms with Gasteiger partial charge in [-0.1, -0.05) is 20.8 Å². The lowest BCUT2D eigenvalue weighted by Gasteiger charge is -2.39. The van der Waals surface area contributed by atoms with Crippen LogP contribution in [-0.4, -0.2) is 61.6 Å². The summed E-state index contributed by atoms with van der Waals surface area (Å²) >= 11 is 0. The second kappa shape index (κ2) is 7.70. The van der Waals surface area contributed by atoms with Crippen LogP contribution in [0.25, 0.3) is 0 Å². The molecule has 0 aliphatic heterocycles. The van der Waals surface area contributed by atoms with Gasteiger partial charge < -0.3 is 20.4 Å². The number of nitrogens with zero attached hydrogens (tertiary/aromatic N) is 2. The number of carbonyl (C=O) groups is 2. The minimum Gasteiger partial charge on any atom is -0.335 e. The highest BCUT2D eigenvalue weighted by molar-refractivity contribution is 5.75. The molecule has 0 saturated carbocycles. The first-order valence-electron chi connectivity index (χ1n) is 7.73. The van der Waals surface area contributed by atoms with E-state index in [-0.39, 0.29) is 23.5 Å². The Morgan fingerprint density at radius 1 is 0.955 bits per heavy atom. The lowest BCUT2D eigenvalue weighted by molar-refractivity contribution is 0.170. The summed E-state index contributed by atoms with van der Waals surface area (Å²) in [5, 5.41) is 6.05. The Labute approximate surface area is 135 Å². The van der Waals surface area contributed by atoms with Crippen molar-refractivity contribution >= 4 is 12.1 Å². The monoisotopic (exact) mass is 314 g/mol. The molecule has 4 amide bonds. The van der Waals surface area contributed by atoms with Crippen LogP contribution in [0, 0.1) is 5.41 Å². The normalized spacial score (nSPS) is 15.5. The average molecular weight is 314 g/mol. The van der Waals surface area contributed by atoms with E-state index in [0.29, 0.717) is 6.42 Å². The van der Waals surface area contributed by atoms with Crippen LogP contribution >= 0.6 is 0 Å². The van der Waals surface area contributed by atoms with Crippen molar-refractivity contribution in [2.24, 2.45) is 5.41 Å². The molecule has 0 aromatic carbocycles. The molecule has 0 fully saturated rings. The fourth-order valence-corrected chi connectivity index (χ4v) is 2.77. The Morgan fingerprint density at radius 3 is 1.77 bits per heavy atom. The third-order valence-electron chi connectivity index (χ3n) is 3.27. The largest absolute Gasteiger partial charge is 0.335 e. The molecule has 0 aliphatic carbocycles. The van der Waals surface area contributed by atoms with E-state index in [1.165, 1.54) is 9.80 Å². The molecule has 0 aliphatic rings. The zero-order valence-electron chi connectivity index (χ0n) is 15.7. The van der Waals surface area contributed by atoms with E-state index in [0.717, 1.165) is 6.42 Å². The van der Waals surface area contributed by atoms with E-state index in [1.807, 2.05) is 13.8 Å². The number of hydrogen-bond donors (Lipinski definition) is 2. The summed E-state index contributed by atoms with van der Waals surface area (Å²) in [4.78, 5) is 26.9. The minimum absolute atomic E-state index is 0.0373. The van der Waals surface area contributed by atoms with Crippen molar-refractivity contribution in [3.63, 3.8) is 0 Å². The molecule has 6 nitrogen and oxygen atoms in total. The lowest BCUT2D eigenvalue weighted by Crippen LogP contribution is -2.55. The molecule has 2 N–H and O–H groups in total. The highest BCUT2D eigenvalue weighted by Gasteiger charge is 2.34. The maximum Gasteiger partial charge on any atom is 0.317 e. The summed E-state index contributed by atoms with van der Waals surface area (Å²) in [6.45, 7) is 10.4. The summed E-state index contributed by atoms with van der Waals surface area (Å²) in [5.74, 6) is 0. The maximum atomic E-state index is 12.1. The van der Waals surface area contributed by atoms with Gasteiger partial charge in [0.2, 0.25) is 0 Å². The van der Waals surface area contributed by atoms with Gasteiger partial charge in [0, 0.05) is 39.8 Å². The van der Waals surface area contributed by atoms with Crippen molar-refractivity contribution < 1.29 is 9.59 Å². The second-order valence-electron chi connectivity index (χ2n) is 8.07. The van der Waals surface area contributed by atoms with Crippen molar-refractivity contribution in [1.29, 1.82) is 0 Å². The summed E-state index contributed by atoms with van der Waals surface area (Å²) in [6.07, 6.45) is 1.49. The third-order valence-corrected chi connectivity index (χ3v) is 3.27. The fourth-order valence-electron chi connectivity index (χ4n) is 2.77. The van der Waals surface area contributed by atoms with Gasteiger partial charge >= 0.3 is 12.1 Å². The number of nitrogens with one attached hydrogen (secondary N) is 2. The van der Waals surface area contributed by atoms with Gasteiger partial charge in [-0.05, 0) is 32.1 Å². The number of urea groups is 2. The predicted molar refractivity (Wildman–Crippen MR) is 91.0 cm³/mol. The molecular weight excluding hydrogens is 280 g/mol. The fraction of sp³-hybridized carbons (Fsp3) is 0.875. The molecule has 0 bridgehead atoms. The molecule has 0 aromatic heterocycles. The zero-order valence-corrected chi connectivity index (χ0v) is 15.7. The van der Waals surface area contributed by atoms with Crippen LogP contribution in [0.2, 0.25) is 0 Å². The maximum absolute atomic E-state index is 12.1. The topological polar surface area (TPSA) is 64.7 Å². The first kappa shape index (κ1) is 20.5. The van der Waals surface area contributed by atoms with E-state index in [9.17, 15) is 9.59 Å². The zero-order chi connectivity index (χ0) is 17.7. The minimum atomic E-state index is -0.390. The molecule has 0 radical (unpaired) electrons. The van der Waals surface area contributed by atoms with Crippen LogP contribution in [0.3, 0.4) is 0 Å². The second-order valence-corrected chi connectivity index (χ2v) is 8.07. The molecule has 0 spiro atoms. The van der Waals surface area contributed by atoms with Crippen LogP contribution in [0.5, 0.6) is 0 Å². The molecule has 0 aromatic rings. The molecule has 0 heterocycles. The van der Waals surface area contributed by atoms with E-state index >= 15 is 0 Å². The number of hydrogen-bond acceptors (Lipinski definition) is 2. The Bertz CT molecular complexity index is 388. The van der Waals surface area contributed by atoms with Gasteiger partial charge in [0.05, 0.1) is 0 Å². The van der Waals surface area contributed by atoms with Crippen molar-refractivity contribution in [1.82, 2.24) is 20.4 Å². The Morgan fingerprint density at radius 2 is 1.41 bits per heavy atom. The molecule has 2 unspecified atom stereocenters. The lowest BCUT2D eigenvalue weighted by atomic mass is 9.77. The number of amides is 4. The standard InChI is InChI=1S/C16H34N4O2/c1-12(17-13(21)19(6)7)10-16(5,11-15(2,3)4)18-14(22)20(8)9/h12H,10-11H2,1-9H3,(H,17,21)(H,18,22). The Balaban J connectivity index is 5.00. The first-order valence-corrected chi connectivity index (χ1v) is 7.73. The van der Waals surface area contributed by atoms with E-state index in [4.69, 9.17) is 0 Å². The Kier molecular flexibility index (Phi) is 7.19. The highest BCUT2D eigenvalue weighted by Crippen LogP contribution is 2.30. The van der Waals surface area contributed by atoms with Crippen molar-refractivity contribution in [2.45, 2.75) is 59.0 Å². The van der Waals surface area contributed by atoms with Gasteiger partial charge in [-0.25, -0.2) is 9.59 Å². The summed E-state index contributed by atoms with van der Waals surface area (Å²) in [7, 11) is 6.88. The predicted octanol–water partition coefficient (Wildman–Crippen LogP) is 2.50. The SMILES string of the molecule is CC(CC(C)(CC(C)(C)C)NC(=O)N(C)C)NC(=O)N(C)C. The molecule has 6 heteroatoms. The van der Waals surface area contributed by atoms with E-state index < -0.39 is 5.54 Å². The summed E-state index contributed by atoms with van der Waals surface area (Å²) in [6, 6.07) is -0.271. The quantitative estimate of drug-likeness (QED) is 0.819. The molecule has 130 valence electrons. The van der Waals surface area contributed by atoms with Crippen LogP contribution < -0.4 is 10.6 Å². The molecule has 22 heavy (non-hydrogen) atoms. The van der Waals surface area contributed by atoms with Crippen molar-refractivity contribution in [2.75, 3.05) is 28.2 Å². The van der Waals surface area contributed by atoms with Gasteiger partial charge in [0.15, 0.2) is 0 Å². The molecule has 0 rings (SSSR count). The van der Waals surface area contributed by atoms with Gasteiger partial charge in [-0.15, -0.1) is 0 Å². The van der Waals surface area contributed by atoms with E-state index in [1.54, 1.807) is 28.2 Å². The van der Waals surface area contributed by atoms with Crippen molar-refractivity contribution in [3.8, 4) is 0 Å². The molecular formula is C16H34N4O2. The van der Waals surface area contributed by atoms with E-state index in [2.05, 4.69) is 31.4 Å². The van der Waals surface area contributed by atoms with Gasteiger partial charge in [0.25, 0.3) is 0 Å². The third kappa shape index (κ3) is 8.10. The van der Waals surface area contributed by atoms with Crippen LogP contribution in [0.1, 0.15) is 47.5 Å². The Hall–Kier alpha value is -1.46. The smallest absolute Gasteiger partial charge is 0.317 e. The molecule has 0 saturated heterocycles. The van der Waals surface area contributed by atoms with Gasteiger partial charge in [-0.3, -0.25) is 0 Å². The van der Waals surface area contributed by atoms with Crippen LogP contribution in [0.15, 0.2) is 0 Å². The van der Waals surface area contributed by atoms with Crippen LogP contribution in [0.4, 0.5) is 9.59 Å². The number of carbonyl (C=O) groups excluding carboxylic acids is 2.